The Labute approximate surface area is 168 Å². The summed E-state index contributed by atoms with van der Waals surface area (Å²) in [4.78, 5) is 25.7. The van der Waals surface area contributed by atoms with Gasteiger partial charge in [-0.25, -0.2) is 13.2 Å². The Morgan fingerprint density at radius 3 is 2.48 bits per heavy atom. The minimum absolute atomic E-state index is 0. The maximum absolute atomic E-state index is 12.1. The summed E-state index contributed by atoms with van der Waals surface area (Å²) in [6, 6.07) is 11.7. The highest BCUT2D eigenvalue weighted by Gasteiger charge is 2.17. The van der Waals surface area contributed by atoms with Crippen LogP contribution in [0.25, 0.3) is 0 Å². The zero-order chi connectivity index (χ0) is 19.0. The number of benzene rings is 1. The van der Waals surface area contributed by atoms with Crippen LogP contribution in [0, 0.1) is 0 Å². The average molecular weight is 458 g/mol. The van der Waals surface area contributed by atoms with Crippen molar-refractivity contribution < 1.29 is 44.3 Å². The second-order valence-electron chi connectivity index (χ2n) is 5.37. The van der Waals surface area contributed by atoms with Crippen LogP contribution in [-0.2, 0) is 31.9 Å². The van der Waals surface area contributed by atoms with E-state index in [9.17, 15) is 18.0 Å². The minimum Gasteiger partial charge on any atom is -1.00 e. The zero-order valence-electron chi connectivity index (χ0n) is 14.6. The standard InChI is InChI=1S/C17H19N3O5S.BrH/c1-2-25-16(21)12-20-10-6-9-15(11-20)17(22)18-19-26(23,24)13-14-7-4-3-5-8-14;/h3-11,19H,2,12-13H2,1H3;1H. The summed E-state index contributed by atoms with van der Waals surface area (Å²) >= 11 is 0. The topological polar surface area (TPSA) is 105 Å². The van der Waals surface area contributed by atoms with Gasteiger partial charge in [0.1, 0.15) is 5.56 Å². The first-order valence-electron chi connectivity index (χ1n) is 7.88. The summed E-state index contributed by atoms with van der Waals surface area (Å²) < 4.78 is 30.4. The molecular formula is C17H20BrN3O5S. The molecule has 0 bridgehead atoms. The number of nitrogens with zero attached hydrogens (tertiary/aromatic N) is 1. The van der Waals surface area contributed by atoms with Crippen molar-refractivity contribution in [2.75, 3.05) is 6.61 Å². The van der Waals surface area contributed by atoms with E-state index in [0.29, 0.717) is 5.56 Å². The smallest absolute Gasteiger partial charge is 0.372 e. The fourth-order valence-electron chi connectivity index (χ4n) is 2.14. The van der Waals surface area contributed by atoms with E-state index in [-0.39, 0.29) is 41.4 Å². The highest BCUT2D eigenvalue weighted by atomic mass is 79.9. The summed E-state index contributed by atoms with van der Waals surface area (Å²) in [7, 11) is -3.74. The summed E-state index contributed by atoms with van der Waals surface area (Å²) in [5, 5.41) is 0. The Hall–Kier alpha value is -2.30. The molecule has 2 rings (SSSR count). The SMILES string of the molecule is CCOC(=O)C[n+]1cccc(C(=O)NNS(=O)(=O)Cc2ccccc2)c1.[Br-]. The van der Waals surface area contributed by atoms with Gasteiger partial charge in [-0.15, -0.1) is 4.83 Å². The van der Waals surface area contributed by atoms with Crippen molar-refractivity contribution in [1.82, 2.24) is 10.3 Å². The van der Waals surface area contributed by atoms with Gasteiger partial charge in [0, 0.05) is 6.07 Å². The maximum Gasteiger partial charge on any atom is 0.372 e. The van der Waals surface area contributed by atoms with Crippen molar-refractivity contribution in [2.24, 2.45) is 0 Å². The Bertz CT molecular complexity index is 875. The van der Waals surface area contributed by atoms with Crippen LogP contribution in [0.4, 0.5) is 0 Å². The van der Waals surface area contributed by atoms with Gasteiger partial charge in [0.05, 0.1) is 12.4 Å². The lowest BCUT2D eigenvalue weighted by molar-refractivity contribution is -0.686. The number of amides is 1. The van der Waals surface area contributed by atoms with Gasteiger partial charge in [0.25, 0.3) is 5.91 Å². The highest BCUT2D eigenvalue weighted by molar-refractivity contribution is 7.88. The number of hydrogen-bond acceptors (Lipinski definition) is 5. The van der Waals surface area contributed by atoms with Crippen molar-refractivity contribution in [3.05, 3.63) is 66.0 Å². The largest absolute Gasteiger partial charge is 1.00 e. The van der Waals surface area contributed by atoms with Crippen molar-refractivity contribution in [3.8, 4) is 0 Å². The third-order valence-corrected chi connectivity index (χ3v) is 4.38. The first kappa shape index (κ1) is 22.7. The van der Waals surface area contributed by atoms with Crippen LogP contribution in [0.2, 0.25) is 0 Å². The van der Waals surface area contributed by atoms with Crippen LogP contribution in [-0.4, -0.2) is 26.9 Å². The average Bonchev–Trinajstić information content (AvgIpc) is 2.60. The molecule has 0 saturated heterocycles. The van der Waals surface area contributed by atoms with E-state index in [2.05, 4.69) is 10.3 Å². The number of esters is 1. The minimum atomic E-state index is -3.74. The number of pyridine rings is 1. The van der Waals surface area contributed by atoms with E-state index in [1.165, 1.54) is 16.8 Å². The van der Waals surface area contributed by atoms with Crippen molar-refractivity contribution in [3.63, 3.8) is 0 Å². The molecule has 1 heterocycles. The highest BCUT2D eigenvalue weighted by Crippen LogP contribution is 2.03. The molecule has 0 aliphatic heterocycles. The summed E-state index contributed by atoms with van der Waals surface area (Å²) in [5.74, 6) is -1.33. The lowest BCUT2D eigenvalue weighted by Gasteiger charge is -2.08. The summed E-state index contributed by atoms with van der Waals surface area (Å²) in [6.45, 7) is 1.92. The van der Waals surface area contributed by atoms with Crippen LogP contribution in [0.15, 0.2) is 54.9 Å². The Morgan fingerprint density at radius 1 is 1.11 bits per heavy atom. The van der Waals surface area contributed by atoms with Gasteiger partial charge >= 0.3 is 5.97 Å². The number of carbonyl (C=O) groups is 2. The molecule has 27 heavy (non-hydrogen) atoms. The molecule has 146 valence electrons. The predicted octanol–water partition coefficient (Wildman–Crippen LogP) is -2.69. The maximum atomic E-state index is 12.1. The number of hydrazine groups is 1. The van der Waals surface area contributed by atoms with Gasteiger partial charge in [0.15, 0.2) is 12.4 Å². The second kappa shape index (κ2) is 10.8. The third-order valence-electron chi connectivity index (χ3n) is 3.26. The number of sulfonamides is 1. The normalized spacial score (nSPS) is 10.6. The molecule has 0 saturated carbocycles. The fraction of sp³-hybridized carbons (Fsp3) is 0.235. The molecular weight excluding hydrogens is 438 g/mol. The molecule has 8 nitrogen and oxygen atoms in total. The van der Waals surface area contributed by atoms with E-state index in [1.807, 2.05) is 0 Å². The van der Waals surface area contributed by atoms with Crippen LogP contribution in [0.3, 0.4) is 0 Å². The summed E-state index contributed by atoms with van der Waals surface area (Å²) in [5.41, 5.74) is 2.95. The molecule has 0 atom stereocenters. The lowest BCUT2D eigenvalue weighted by Crippen LogP contribution is -3.00. The van der Waals surface area contributed by atoms with Crippen molar-refractivity contribution in [2.45, 2.75) is 19.2 Å². The molecule has 0 aliphatic rings. The monoisotopic (exact) mass is 457 g/mol. The number of ether oxygens (including phenoxy) is 1. The van der Waals surface area contributed by atoms with Gasteiger partial charge in [-0.1, -0.05) is 30.3 Å². The molecule has 1 aromatic carbocycles. The van der Waals surface area contributed by atoms with Gasteiger partial charge in [-0.05, 0) is 18.6 Å². The Balaban J connectivity index is 0.00000364. The molecule has 0 spiro atoms. The number of hydrogen-bond donors (Lipinski definition) is 2. The molecule has 0 fully saturated rings. The fourth-order valence-corrected chi connectivity index (χ4v) is 3.09. The second-order valence-corrected chi connectivity index (χ2v) is 7.09. The third kappa shape index (κ3) is 7.85. The number of halogens is 1. The van der Waals surface area contributed by atoms with Crippen molar-refractivity contribution in [1.29, 1.82) is 0 Å². The zero-order valence-corrected chi connectivity index (χ0v) is 17.0. The molecule has 0 radical (unpaired) electrons. The van der Waals surface area contributed by atoms with E-state index in [1.54, 1.807) is 49.5 Å². The van der Waals surface area contributed by atoms with E-state index >= 15 is 0 Å². The van der Waals surface area contributed by atoms with E-state index in [4.69, 9.17) is 4.74 Å². The summed E-state index contributed by atoms with van der Waals surface area (Å²) in [6.07, 6.45) is 3.03. The molecule has 2 aromatic rings. The molecule has 1 aromatic heterocycles. The lowest BCUT2D eigenvalue weighted by atomic mass is 10.2. The van der Waals surface area contributed by atoms with Crippen LogP contribution in [0.5, 0.6) is 0 Å². The van der Waals surface area contributed by atoms with Crippen LogP contribution >= 0.6 is 0 Å². The van der Waals surface area contributed by atoms with Crippen LogP contribution in [0.1, 0.15) is 22.8 Å². The van der Waals surface area contributed by atoms with Crippen LogP contribution < -0.4 is 31.8 Å². The number of nitrogens with one attached hydrogen (secondary N) is 2. The first-order valence-corrected chi connectivity index (χ1v) is 9.53. The molecule has 1 amide bonds. The van der Waals surface area contributed by atoms with Gasteiger partial charge in [0.2, 0.25) is 16.6 Å². The number of carbonyl (C=O) groups excluding carboxylic acids is 2. The Kier molecular flexibility index (Phi) is 9.06. The van der Waals surface area contributed by atoms with Crippen molar-refractivity contribution >= 4 is 21.9 Å². The number of aromatic nitrogens is 1. The van der Waals surface area contributed by atoms with E-state index < -0.39 is 21.9 Å². The van der Waals surface area contributed by atoms with Gasteiger partial charge < -0.3 is 21.7 Å². The molecule has 10 heteroatoms. The van der Waals surface area contributed by atoms with Gasteiger partial charge in [-0.3, -0.25) is 10.2 Å². The number of rotatable bonds is 8. The predicted molar refractivity (Wildman–Crippen MR) is 92.9 cm³/mol. The molecule has 0 aliphatic carbocycles. The Morgan fingerprint density at radius 2 is 1.81 bits per heavy atom. The van der Waals surface area contributed by atoms with E-state index in [0.717, 1.165) is 0 Å². The van der Waals surface area contributed by atoms with Gasteiger partial charge in [-0.2, -0.15) is 4.57 Å². The quantitative estimate of drug-likeness (QED) is 0.255. The first-order chi connectivity index (χ1) is 12.4. The molecule has 2 N–H and O–H groups in total. The molecule has 0 unspecified atom stereocenters.